The minimum absolute atomic E-state index is 0.856. The summed E-state index contributed by atoms with van der Waals surface area (Å²) in [6.45, 7) is 8.67. The lowest BCUT2D eigenvalue weighted by Crippen LogP contribution is -2.24. The quantitative estimate of drug-likeness (QED) is 0.482. The molecule has 1 heterocycles. The molecule has 0 unspecified atom stereocenters. The van der Waals surface area contributed by atoms with Gasteiger partial charge in [-0.05, 0) is 13.8 Å². The monoisotopic (exact) mass is 111 g/mol. The minimum atomic E-state index is 0.856. The fourth-order valence-corrected chi connectivity index (χ4v) is 0.868. The number of aliphatic imine (C=N–C) groups is 1. The minimum Gasteiger partial charge on any atom is -0.359 e. The summed E-state index contributed by atoms with van der Waals surface area (Å²) in [4.78, 5) is 6.36. The van der Waals surface area contributed by atoms with Crippen LogP contribution in [0.4, 0.5) is 0 Å². The van der Waals surface area contributed by atoms with E-state index in [1.165, 1.54) is 0 Å². The molecule has 0 aromatic carbocycles. The van der Waals surface area contributed by atoms with Crippen LogP contribution in [0.25, 0.3) is 0 Å². The average Bonchev–Trinajstić information content (AvgIpc) is 2.14. The molecule has 0 N–H and O–H groups in total. The smallest absolute Gasteiger partial charge is 0.0958 e. The van der Waals surface area contributed by atoms with Crippen molar-refractivity contribution in [1.82, 2.24) is 4.90 Å². The lowest BCUT2D eigenvalue weighted by molar-refractivity contribution is 0.503. The van der Waals surface area contributed by atoms with Crippen LogP contribution >= 0.6 is 0 Å². The van der Waals surface area contributed by atoms with Crippen molar-refractivity contribution in [3.63, 3.8) is 0 Å². The summed E-state index contributed by atoms with van der Waals surface area (Å²) in [5.74, 6) is 1.14. The van der Waals surface area contributed by atoms with Crippen LogP contribution < -0.4 is 0 Å². The summed E-state index contributed by atoms with van der Waals surface area (Å²) in [7, 11) is 0. The number of nitrogens with zero attached hydrogens (tertiary/aromatic N) is 2. The summed E-state index contributed by atoms with van der Waals surface area (Å²) in [5, 5.41) is 0. The van der Waals surface area contributed by atoms with Gasteiger partial charge in [0, 0.05) is 13.1 Å². The summed E-state index contributed by atoms with van der Waals surface area (Å²) in [5.41, 5.74) is 0. The Bertz CT molecular complexity index is 107. The maximum atomic E-state index is 4.19. The third-order valence-electron chi connectivity index (χ3n) is 1.44. The first-order valence-corrected chi connectivity index (χ1v) is 2.90. The van der Waals surface area contributed by atoms with E-state index in [1.807, 2.05) is 6.92 Å². The van der Waals surface area contributed by atoms with Crippen LogP contribution in [0.15, 0.2) is 4.99 Å². The predicted molar refractivity (Wildman–Crippen MR) is 34.9 cm³/mol. The number of hydrogen-bond acceptors (Lipinski definition) is 2. The van der Waals surface area contributed by atoms with Gasteiger partial charge in [0.15, 0.2) is 0 Å². The van der Waals surface area contributed by atoms with E-state index in [0.717, 1.165) is 25.5 Å². The van der Waals surface area contributed by atoms with Crippen LogP contribution in [0.5, 0.6) is 0 Å². The van der Waals surface area contributed by atoms with E-state index in [2.05, 4.69) is 16.8 Å². The van der Waals surface area contributed by atoms with Crippen molar-refractivity contribution in [3.8, 4) is 0 Å². The summed E-state index contributed by atoms with van der Waals surface area (Å²) >= 11 is 0. The van der Waals surface area contributed by atoms with E-state index in [1.54, 1.807) is 0 Å². The Morgan fingerprint density at radius 2 is 2.62 bits per heavy atom. The lowest BCUT2D eigenvalue weighted by atomic mass is 10.5. The maximum Gasteiger partial charge on any atom is 0.0958 e. The van der Waals surface area contributed by atoms with Gasteiger partial charge in [0.2, 0.25) is 0 Å². The Hall–Kier alpha value is -0.530. The van der Waals surface area contributed by atoms with Gasteiger partial charge in [-0.15, -0.1) is 0 Å². The van der Waals surface area contributed by atoms with Crippen LogP contribution in [0, 0.1) is 6.92 Å². The van der Waals surface area contributed by atoms with Crippen LogP contribution in [0.3, 0.4) is 0 Å². The van der Waals surface area contributed by atoms with Gasteiger partial charge in [-0.2, -0.15) is 0 Å². The molecule has 0 aliphatic carbocycles. The SMILES string of the molecule is [CH2]CN1CCN=C1C. The van der Waals surface area contributed by atoms with Gasteiger partial charge in [0.25, 0.3) is 0 Å². The van der Waals surface area contributed by atoms with Gasteiger partial charge in [-0.1, -0.05) is 0 Å². The molecule has 1 aliphatic rings. The highest BCUT2D eigenvalue weighted by Gasteiger charge is 2.07. The average molecular weight is 111 g/mol. The molecule has 0 fully saturated rings. The van der Waals surface area contributed by atoms with Crippen molar-refractivity contribution in [1.29, 1.82) is 0 Å². The second-order valence-electron chi connectivity index (χ2n) is 1.92. The second-order valence-corrected chi connectivity index (χ2v) is 1.92. The van der Waals surface area contributed by atoms with Crippen LogP contribution in [-0.4, -0.2) is 30.4 Å². The van der Waals surface area contributed by atoms with Crippen LogP contribution in [-0.2, 0) is 0 Å². The first-order valence-electron chi connectivity index (χ1n) is 2.90. The van der Waals surface area contributed by atoms with E-state index in [0.29, 0.717) is 0 Å². The molecule has 45 valence electrons. The fraction of sp³-hybridized carbons (Fsp3) is 0.667. The third-order valence-corrected chi connectivity index (χ3v) is 1.44. The molecular formula is C6H11N2. The largest absolute Gasteiger partial charge is 0.359 e. The van der Waals surface area contributed by atoms with Crippen LogP contribution in [0.1, 0.15) is 6.92 Å². The molecule has 1 aliphatic heterocycles. The Morgan fingerprint density at radius 3 is 2.88 bits per heavy atom. The summed E-state index contributed by atoms with van der Waals surface area (Å²) < 4.78 is 0. The standard InChI is InChI=1S/C6H11N2/c1-3-8-5-4-7-6(8)2/h1,3-5H2,2H3. The molecule has 0 saturated carbocycles. The molecule has 1 radical (unpaired) electrons. The molecule has 0 aromatic heterocycles. The Kier molecular flexibility index (Phi) is 1.51. The molecule has 0 bridgehead atoms. The Morgan fingerprint density at radius 1 is 1.88 bits per heavy atom. The number of hydrogen-bond donors (Lipinski definition) is 0. The van der Waals surface area contributed by atoms with Gasteiger partial charge in [0.1, 0.15) is 0 Å². The molecule has 0 aromatic rings. The molecule has 2 heteroatoms. The van der Waals surface area contributed by atoms with E-state index >= 15 is 0 Å². The zero-order chi connectivity index (χ0) is 5.98. The van der Waals surface area contributed by atoms with Crippen molar-refractivity contribution in [2.24, 2.45) is 4.99 Å². The van der Waals surface area contributed by atoms with E-state index in [9.17, 15) is 0 Å². The molecule has 2 nitrogen and oxygen atoms in total. The summed E-state index contributed by atoms with van der Waals surface area (Å²) in [6, 6.07) is 0. The molecule has 8 heavy (non-hydrogen) atoms. The lowest BCUT2D eigenvalue weighted by Gasteiger charge is -2.13. The normalized spacial score (nSPS) is 19.2. The Balaban J connectivity index is 2.46. The molecule has 0 spiro atoms. The molecule has 0 amide bonds. The first kappa shape index (κ1) is 5.60. The van der Waals surface area contributed by atoms with Gasteiger partial charge >= 0.3 is 0 Å². The highest BCUT2D eigenvalue weighted by Crippen LogP contribution is 1.98. The number of rotatable bonds is 1. The third kappa shape index (κ3) is 0.831. The maximum absolute atomic E-state index is 4.19. The zero-order valence-electron chi connectivity index (χ0n) is 5.22. The second kappa shape index (κ2) is 2.16. The van der Waals surface area contributed by atoms with E-state index < -0.39 is 0 Å². The zero-order valence-corrected chi connectivity index (χ0v) is 5.22. The van der Waals surface area contributed by atoms with Crippen molar-refractivity contribution < 1.29 is 0 Å². The van der Waals surface area contributed by atoms with Crippen molar-refractivity contribution in [3.05, 3.63) is 6.92 Å². The first-order chi connectivity index (χ1) is 3.84. The van der Waals surface area contributed by atoms with Crippen LogP contribution in [0.2, 0.25) is 0 Å². The van der Waals surface area contributed by atoms with Gasteiger partial charge in [-0.25, -0.2) is 0 Å². The molecular weight excluding hydrogens is 100 g/mol. The van der Waals surface area contributed by atoms with Gasteiger partial charge in [0.05, 0.1) is 12.4 Å². The Labute approximate surface area is 50.2 Å². The number of amidine groups is 1. The molecule has 0 saturated heterocycles. The highest BCUT2D eigenvalue weighted by atomic mass is 15.2. The van der Waals surface area contributed by atoms with Gasteiger partial charge < -0.3 is 4.90 Å². The predicted octanol–water partition coefficient (Wildman–Crippen LogP) is 0.554. The summed E-state index contributed by atoms with van der Waals surface area (Å²) in [6.07, 6.45) is 0. The topological polar surface area (TPSA) is 15.6 Å². The van der Waals surface area contributed by atoms with E-state index in [4.69, 9.17) is 0 Å². The fourth-order valence-electron chi connectivity index (χ4n) is 0.868. The van der Waals surface area contributed by atoms with E-state index in [-0.39, 0.29) is 0 Å². The highest BCUT2D eigenvalue weighted by molar-refractivity contribution is 5.81. The van der Waals surface area contributed by atoms with Crippen molar-refractivity contribution >= 4 is 5.84 Å². The van der Waals surface area contributed by atoms with Crippen molar-refractivity contribution in [2.45, 2.75) is 6.92 Å². The molecule has 1 rings (SSSR count). The van der Waals surface area contributed by atoms with Crippen molar-refractivity contribution in [2.75, 3.05) is 19.6 Å². The molecule has 0 atom stereocenters. The van der Waals surface area contributed by atoms with Gasteiger partial charge in [-0.3, -0.25) is 4.99 Å².